The molecule has 4 nitrogen and oxygen atoms in total. The van der Waals surface area contributed by atoms with Crippen LogP contribution in [0.2, 0.25) is 0 Å². The molecule has 3 unspecified atom stereocenters. The molecule has 2 aliphatic rings. The summed E-state index contributed by atoms with van der Waals surface area (Å²) in [5.41, 5.74) is 1.22. The molecule has 124 valence electrons. The number of hydrogen-bond acceptors (Lipinski definition) is 2. The highest BCUT2D eigenvalue weighted by Crippen LogP contribution is 2.37. The van der Waals surface area contributed by atoms with E-state index in [1.165, 1.54) is 5.56 Å². The average Bonchev–Trinajstić information content (AvgIpc) is 2.46. The molecule has 0 bridgehead atoms. The SMILES string of the molecule is O=C(O)C1CCC1C(=O)N1CCCCC1Cc1cccc(Br)c1. The lowest BCUT2D eigenvalue weighted by Crippen LogP contribution is -2.52. The Morgan fingerprint density at radius 3 is 2.61 bits per heavy atom. The molecule has 5 heteroatoms. The van der Waals surface area contributed by atoms with E-state index in [2.05, 4.69) is 28.1 Å². The number of benzene rings is 1. The smallest absolute Gasteiger partial charge is 0.307 e. The normalized spacial score (nSPS) is 27.3. The minimum Gasteiger partial charge on any atom is -0.481 e. The Labute approximate surface area is 145 Å². The van der Waals surface area contributed by atoms with E-state index < -0.39 is 11.9 Å². The summed E-state index contributed by atoms with van der Waals surface area (Å²) < 4.78 is 1.05. The van der Waals surface area contributed by atoms with Gasteiger partial charge in [-0.15, -0.1) is 0 Å². The first-order chi connectivity index (χ1) is 11.1. The first-order valence-corrected chi connectivity index (χ1v) is 9.13. The van der Waals surface area contributed by atoms with Gasteiger partial charge in [0, 0.05) is 17.1 Å². The van der Waals surface area contributed by atoms with Crippen LogP contribution in [0, 0.1) is 11.8 Å². The van der Waals surface area contributed by atoms with E-state index in [1.54, 1.807) is 0 Å². The minimum absolute atomic E-state index is 0.0587. The van der Waals surface area contributed by atoms with Gasteiger partial charge in [0.15, 0.2) is 0 Å². The number of amides is 1. The topological polar surface area (TPSA) is 57.6 Å². The van der Waals surface area contributed by atoms with Crippen molar-refractivity contribution in [1.82, 2.24) is 4.90 Å². The van der Waals surface area contributed by atoms with Crippen LogP contribution in [0.4, 0.5) is 0 Å². The summed E-state index contributed by atoms with van der Waals surface area (Å²) in [7, 11) is 0. The van der Waals surface area contributed by atoms with Crippen molar-refractivity contribution in [1.29, 1.82) is 0 Å². The standard InChI is InChI=1S/C18H22BrNO3/c19-13-5-3-4-12(10-13)11-14-6-1-2-9-20(14)17(21)15-7-8-16(15)18(22)23/h3-5,10,14-16H,1-2,6-9,11H2,(H,22,23). The number of likely N-dealkylation sites (tertiary alicyclic amines) is 1. The van der Waals surface area contributed by atoms with Crippen molar-refractivity contribution in [3.8, 4) is 0 Å². The molecule has 1 N–H and O–H groups in total. The molecule has 3 rings (SSSR count). The second-order valence-electron chi connectivity index (χ2n) is 6.64. The molecule has 1 aromatic carbocycles. The van der Waals surface area contributed by atoms with Crippen molar-refractivity contribution < 1.29 is 14.7 Å². The number of rotatable bonds is 4. The van der Waals surface area contributed by atoms with Gasteiger partial charge in [0.05, 0.1) is 11.8 Å². The number of carboxylic acids is 1. The second-order valence-corrected chi connectivity index (χ2v) is 7.56. The molecule has 2 fully saturated rings. The van der Waals surface area contributed by atoms with Gasteiger partial charge in [0.2, 0.25) is 5.91 Å². The first kappa shape index (κ1) is 16.5. The Bertz CT molecular complexity index is 604. The molecule has 0 aromatic heterocycles. The number of hydrogen-bond donors (Lipinski definition) is 1. The van der Waals surface area contributed by atoms with Crippen LogP contribution in [0.25, 0.3) is 0 Å². The fraction of sp³-hybridized carbons (Fsp3) is 0.556. The van der Waals surface area contributed by atoms with Gasteiger partial charge in [-0.25, -0.2) is 0 Å². The molecule has 3 atom stereocenters. The maximum absolute atomic E-state index is 12.8. The van der Waals surface area contributed by atoms with Crippen LogP contribution >= 0.6 is 15.9 Å². The van der Waals surface area contributed by atoms with Crippen LogP contribution in [0.5, 0.6) is 0 Å². The number of halogens is 1. The van der Waals surface area contributed by atoms with Crippen molar-refractivity contribution >= 4 is 27.8 Å². The van der Waals surface area contributed by atoms with Crippen molar-refractivity contribution in [3.63, 3.8) is 0 Å². The highest BCUT2D eigenvalue weighted by Gasteiger charge is 2.44. The van der Waals surface area contributed by atoms with Gasteiger partial charge in [-0.05, 0) is 56.2 Å². The summed E-state index contributed by atoms with van der Waals surface area (Å²) in [6, 6.07) is 8.40. The summed E-state index contributed by atoms with van der Waals surface area (Å²) in [4.78, 5) is 26.0. The third-order valence-electron chi connectivity index (χ3n) is 5.18. The quantitative estimate of drug-likeness (QED) is 0.870. The average molecular weight is 380 g/mol. The largest absolute Gasteiger partial charge is 0.481 e. The van der Waals surface area contributed by atoms with Crippen LogP contribution in [0.15, 0.2) is 28.7 Å². The van der Waals surface area contributed by atoms with Crippen LogP contribution in [-0.2, 0) is 16.0 Å². The molecule has 0 spiro atoms. The predicted octanol–water partition coefficient (Wildman–Crippen LogP) is 3.48. The number of carbonyl (C=O) groups excluding carboxylic acids is 1. The Hall–Kier alpha value is -1.36. The molecule has 1 heterocycles. The Kier molecular flexibility index (Phi) is 5.05. The van der Waals surface area contributed by atoms with E-state index in [-0.39, 0.29) is 17.9 Å². The molecule has 23 heavy (non-hydrogen) atoms. The molecule has 1 aliphatic carbocycles. The second kappa shape index (κ2) is 7.04. The summed E-state index contributed by atoms with van der Waals surface area (Å²) in [6.07, 6.45) is 5.35. The number of carbonyl (C=O) groups is 2. The lowest BCUT2D eigenvalue weighted by atomic mass is 9.72. The summed E-state index contributed by atoms with van der Waals surface area (Å²) in [5, 5.41) is 9.21. The van der Waals surface area contributed by atoms with Crippen LogP contribution in [-0.4, -0.2) is 34.5 Å². The summed E-state index contributed by atoms with van der Waals surface area (Å²) in [5.74, 6) is -1.55. The van der Waals surface area contributed by atoms with E-state index in [0.29, 0.717) is 6.42 Å². The van der Waals surface area contributed by atoms with Crippen molar-refractivity contribution in [2.24, 2.45) is 11.8 Å². The van der Waals surface area contributed by atoms with Gasteiger partial charge in [-0.3, -0.25) is 9.59 Å². The predicted molar refractivity (Wildman–Crippen MR) is 91.0 cm³/mol. The van der Waals surface area contributed by atoms with E-state index in [9.17, 15) is 14.7 Å². The van der Waals surface area contributed by atoms with E-state index >= 15 is 0 Å². The fourth-order valence-electron chi connectivity index (χ4n) is 3.74. The maximum atomic E-state index is 12.8. The number of nitrogens with zero attached hydrogens (tertiary/aromatic N) is 1. The zero-order valence-electron chi connectivity index (χ0n) is 13.1. The van der Waals surface area contributed by atoms with Gasteiger partial charge in [0.1, 0.15) is 0 Å². The molecule has 1 saturated heterocycles. The summed E-state index contributed by atoms with van der Waals surface area (Å²) >= 11 is 3.49. The highest BCUT2D eigenvalue weighted by molar-refractivity contribution is 9.10. The third-order valence-corrected chi connectivity index (χ3v) is 5.67. The fourth-order valence-corrected chi connectivity index (χ4v) is 4.19. The van der Waals surface area contributed by atoms with E-state index in [0.717, 1.165) is 43.1 Å². The number of aliphatic carboxylic acids is 1. The molecule has 1 amide bonds. The number of carboxylic acid groups (broad SMARTS) is 1. The van der Waals surface area contributed by atoms with Crippen LogP contribution in [0.1, 0.15) is 37.7 Å². The Morgan fingerprint density at radius 2 is 1.96 bits per heavy atom. The monoisotopic (exact) mass is 379 g/mol. The zero-order valence-corrected chi connectivity index (χ0v) is 14.7. The summed E-state index contributed by atoms with van der Waals surface area (Å²) in [6.45, 7) is 0.764. The minimum atomic E-state index is -0.824. The lowest BCUT2D eigenvalue weighted by molar-refractivity contribution is -0.158. The van der Waals surface area contributed by atoms with E-state index in [4.69, 9.17) is 0 Å². The zero-order chi connectivity index (χ0) is 16.4. The Balaban J connectivity index is 1.71. The third kappa shape index (κ3) is 3.60. The van der Waals surface area contributed by atoms with Gasteiger partial charge >= 0.3 is 5.97 Å². The molecular weight excluding hydrogens is 358 g/mol. The lowest BCUT2D eigenvalue weighted by Gasteiger charge is -2.42. The Morgan fingerprint density at radius 1 is 1.17 bits per heavy atom. The van der Waals surface area contributed by atoms with Crippen molar-refractivity contribution in [2.45, 2.75) is 44.6 Å². The van der Waals surface area contributed by atoms with Crippen molar-refractivity contribution in [2.75, 3.05) is 6.54 Å². The highest BCUT2D eigenvalue weighted by atomic mass is 79.9. The van der Waals surface area contributed by atoms with Gasteiger partial charge in [0.25, 0.3) is 0 Å². The molecular formula is C18H22BrNO3. The molecule has 0 radical (unpaired) electrons. The van der Waals surface area contributed by atoms with Crippen LogP contribution < -0.4 is 0 Å². The van der Waals surface area contributed by atoms with Crippen molar-refractivity contribution in [3.05, 3.63) is 34.3 Å². The maximum Gasteiger partial charge on any atom is 0.307 e. The molecule has 1 saturated carbocycles. The van der Waals surface area contributed by atoms with Gasteiger partial charge in [-0.2, -0.15) is 0 Å². The first-order valence-electron chi connectivity index (χ1n) is 8.34. The molecule has 1 aliphatic heterocycles. The van der Waals surface area contributed by atoms with E-state index in [1.807, 2.05) is 17.0 Å². The van der Waals surface area contributed by atoms with Gasteiger partial charge in [-0.1, -0.05) is 28.1 Å². The number of piperidine rings is 1. The van der Waals surface area contributed by atoms with Crippen LogP contribution in [0.3, 0.4) is 0 Å². The molecule has 1 aromatic rings. The van der Waals surface area contributed by atoms with Gasteiger partial charge < -0.3 is 10.0 Å².